The SMILES string of the molecule is C[NH+]1CCc2c(sc3c2c(=O)n(-c2cccc(Cl)c2)c2nnc(SCC(=O)N4CCCC4)n32)C1. The number of nitrogens with one attached hydrogen (secondary N) is 1. The summed E-state index contributed by atoms with van der Waals surface area (Å²) in [7, 11) is 2.18. The van der Waals surface area contributed by atoms with Crippen LogP contribution in [0.4, 0.5) is 0 Å². The molecule has 0 bridgehead atoms. The standard InChI is InChI=1S/C23H23ClN6O2S2/c1-27-10-7-16-17(12-27)34-21-19(16)20(32)29(15-6-4-5-14(24)11-15)22-25-26-23(30(21)22)33-13-18(31)28-8-2-3-9-28/h4-6,11H,2-3,7-10,12-13H2,1H3/p+1. The molecule has 8 nitrogen and oxygen atoms in total. The first-order chi connectivity index (χ1) is 16.5. The number of carbonyl (C=O) groups excluding carboxylic acids is 1. The van der Waals surface area contributed by atoms with E-state index in [4.69, 9.17) is 11.6 Å². The van der Waals surface area contributed by atoms with E-state index in [0.717, 1.165) is 61.2 Å². The van der Waals surface area contributed by atoms with Crippen molar-refractivity contribution in [2.24, 2.45) is 0 Å². The second-order valence-corrected chi connectivity index (χ2v) is 11.4. The van der Waals surface area contributed by atoms with Gasteiger partial charge >= 0.3 is 0 Å². The van der Waals surface area contributed by atoms with Crippen LogP contribution in [0.15, 0.2) is 34.2 Å². The molecule has 2 aliphatic rings. The Balaban J connectivity index is 1.55. The summed E-state index contributed by atoms with van der Waals surface area (Å²) in [6, 6.07) is 7.23. The molecule has 34 heavy (non-hydrogen) atoms. The van der Waals surface area contributed by atoms with Crippen molar-refractivity contribution in [3.8, 4) is 5.69 Å². The lowest BCUT2D eigenvalue weighted by atomic mass is 10.1. The summed E-state index contributed by atoms with van der Waals surface area (Å²) in [5.41, 5.74) is 1.69. The number of quaternary nitrogens is 1. The third-order valence-electron chi connectivity index (χ3n) is 6.62. The zero-order valence-corrected chi connectivity index (χ0v) is 21.1. The van der Waals surface area contributed by atoms with Gasteiger partial charge in [0.05, 0.1) is 35.3 Å². The van der Waals surface area contributed by atoms with Crippen molar-refractivity contribution in [1.82, 2.24) is 24.1 Å². The van der Waals surface area contributed by atoms with Crippen LogP contribution < -0.4 is 10.5 Å². The molecular weight excluding hydrogens is 492 g/mol. The number of benzene rings is 1. The molecule has 0 aliphatic carbocycles. The molecular formula is C23H24ClN6O2S2+. The molecule has 0 saturated carbocycles. The van der Waals surface area contributed by atoms with Gasteiger partial charge < -0.3 is 9.80 Å². The first kappa shape index (κ1) is 22.1. The van der Waals surface area contributed by atoms with E-state index in [2.05, 4.69) is 17.2 Å². The molecule has 1 aromatic carbocycles. The van der Waals surface area contributed by atoms with Gasteiger partial charge in [-0.15, -0.1) is 21.5 Å². The van der Waals surface area contributed by atoms with Gasteiger partial charge in [-0.05, 0) is 36.6 Å². The predicted molar refractivity (Wildman–Crippen MR) is 135 cm³/mol. The number of rotatable bonds is 4. The van der Waals surface area contributed by atoms with Crippen LogP contribution in [-0.2, 0) is 17.8 Å². The normalized spacial score (nSPS) is 18.2. The van der Waals surface area contributed by atoms with Crippen LogP contribution in [-0.4, -0.2) is 62.4 Å². The zero-order valence-electron chi connectivity index (χ0n) is 18.7. The number of aromatic nitrogens is 4. The smallest absolute Gasteiger partial charge is 0.268 e. The fourth-order valence-corrected chi connectivity index (χ4v) is 7.43. The summed E-state index contributed by atoms with van der Waals surface area (Å²) in [6.07, 6.45) is 2.98. The number of thioether (sulfide) groups is 1. The maximum atomic E-state index is 13.9. The lowest BCUT2D eigenvalue weighted by molar-refractivity contribution is -0.895. The van der Waals surface area contributed by atoms with E-state index >= 15 is 0 Å². The summed E-state index contributed by atoms with van der Waals surface area (Å²) < 4.78 is 3.56. The molecule has 6 rings (SSSR count). The summed E-state index contributed by atoms with van der Waals surface area (Å²) in [5.74, 6) is 0.862. The minimum absolute atomic E-state index is 0.0982. The van der Waals surface area contributed by atoms with Crippen LogP contribution in [0.3, 0.4) is 0 Å². The molecule has 1 fully saturated rings. The summed E-state index contributed by atoms with van der Waals surface area (Å²) in [4.78, 5) is 32.0. The first-order valence-electron chi connectivity index (χ1n) is 11.4. The van der Waals surface area contributed by atoms with E-state index in [1.807, 2.05) is 21.4 Å². The van der Waals surface area contributed by atoms with Crippen molar-refractivity contribution in [1.29, 1.82) is 0 Å². The van der Waals surface area contributed by atoms with Crippen molar-refractivity contribution in [3.05, 3.63) is 50.1 Å². The minimum atomic E-state index is -0.0982. The van der Waals surface area contributed by atoms with E-state index in [-0.39, 0.29) is 11.5 Å². The molecule has 176 valence electrons. The molecule has 11 heteroatoms. The second-order valence-electron chi connectivity index (χ2n) is 8.93. The second kappa shape index (κ2) is 8.67. The van der Waals surface area contributed by atoms with Gasteiger partial charge in [0, 0.05) is 24.5 Å². The van der Waals surface area contributed by atoms with E-state index in [1.54, 1.807) is 28.0 Å². The molecule has 1 saturated heterocycles. The van der Waals surface area contributed by atoms with Crippen molar-refractivity contribution in [2.45, 2.75) is 31.0 Å². The Morgan fingerprint density at radius 3 is 2.88 bits per heavy atom. The van der Waals surface area contributed by atoms with Gasteiger partial charge in [-0.25, -0.2) is 8.97 Å². The maximum Gasteiger partial charge on any atom is 0.268 e. The van der Waals surface area contributed by atoms with Crippen LogP contribution in [0.2, 0.25) is 5.02 Å². The van der Waals surface area contributed by atoms with Gasteiger partial charge in [0.25, 0.3) is 5.56 Å². The van der Waals surface area contributed by atoms with Crippen molar-refractivity contribution >= 4 is 56.6 Å². The highest BCUT2D eigenvalue weighted by Crippen LogP contribution is 2.34. The summed E-state index contributed by atoms with van der Waals surface area (Å²) >= 11 is 9.30. The molecule has 1 amide bonds. The average Bonchev–Trinajstić information content (AvgIpc) is 3.56. The topological polar surface area (TPSA) is 76.9 Å². The number of likely N-dealkylation sites (N-methyl/N-ethyl adjacent to an activating group) is 1. The lowest BCUT2D eigenvalue weighted by Gasteiger charge is -2.19. The van der Waals surface area contributed by atoms with Gasteiger partial charge in [-0.3, -0.25) is 9.59 Å². The molecule has 1 atom stereocenters. The van der Waals surface area contributed by atoms with Crippen LogP contribution in [0, 0.1) is 0 Å². The predicted octanol–water partition coefficient (Wildman–Crippen LogP) is 2.03. The van der Waals surface area contributed by atoms with Crippen LogP contribution in [0.25, 0.3) is 21.7 Å². The number of thiophene rings is 1. The molecule has 4 aromatic rings. The van der Waals surface area contributed by atoms with Gasteiger partial charge in [0.1, 0.15) is 11.4 Å². The lowest BCUT2D eigenvalue weighted by Crippen LogP contribution is -3.08. The summed E-state index contributed by atoms with van der Waals surface area (Å²) in [6.45, 7) is 3.53. The third-order valence-corrected chi connectivity index (χ3v) is 8.99. The third kappa shape index (κ3) is 3.64. The van der Waals surface area contributed by atoms with E-state index in [0.29, 0.717) is 27.4 Å². The Kier molecular flexibility index (Phi) is 5.63. The maximum absolute atomic E-state index is 13.9. The fourth-order valence-electron chi connectivity index (χ4n) is 4.90. The molecule has 0 spiro atoms. The minimum Gasteiger partial charge on any atom is -0.342 e. The number of carbonyl (C=O) groups is 1. The Bertz CT molecular complexity index is 1490. The highest BCUT2D eigenvalue weighted by molar-refractivity contribution is 7.99. The highest BCUT2D eigenvalue weighted by atomic mass is 35.5. The van der Waals surface area contributed by atoms with Gasteiger partial charge in [-0.1, -0.05) is 29.4 Å². The zero-order chi connectivity index (χ0) is 23.4. The summed E-state index contributed by atoms with van der Waals surface area (Å²) in [5, 5.41) is 10.8. The van der Waals surface area contributed by atoms with E-state index in [9.17, 15) is 9.59 Å². The van der Waals surface area contributed by atoms with E-state index < -0.39 is 0 Å². The average molecular weight is 516 g/mol. The van der Waals surface area contributed by atoms with Crippen LogP contribution in [0.1, 0.15) is 23.3 Å². The van der Waals surface area contributed by atoms with Crippen LogP contribution >= 0.6 is 34.7 Å². The Labute approximate surface area is 209 Å². The van der Waals surface area contributed by atoms with Gasteiger partial charge in [0.2, 0.25) is 11.7 Å². The molecule has 3 aromatic heterocycles. The molecule has 2 aliphatic heterocycles. The quantitative estimate of drug-likeness (QED) is 0.421. The highest BCUT2D eigenvalue weighted by Gasteiger charge is 2.28. The number of likely N-dealkylation sites (tertiary alicyclic amines) is 1. The van der Waals surface area contributed by atoms with Crippen molar-refractivity contribution in [2.75, 3.05) is 32.4 Å². The number of fused-ring (bicyclic) bond motifs is 5. The number of amides is 1. The van der Waals surface area contributed by atoms with Gasteiger partial charge in [-0.2, -0.15) is 0 Å². The number of nitrogens with zero attached hydrogens (tertiary/aromatic N) is 5. The number of hydrogen-bond acceptors (Lipinski definition) is 6. The van der Waals surface area contributed by atoms with Crippen molar-refractivity contribution in [3.63, 3.8) is 0 Å². The number of halogens is 1. The Hall–Kier alpha value is -2.40. The Morgan fingerprint density at radius 2 is 2.09 bits per heavy atom. The first-order valence-corrected chi connectivity index (χ1v) is 13.6. The van der Waals surface area contributed by atoms with Gasteiger partial charge in [0.15, 0.2) is 5.16 Å². The largest absolute Gasteiger partial charge is 0.342 e. The fraction of sp³-hybridized carbons (Fsp3) is 0.391. The molecule has 0 radical (unpaired) electrons. The monoisotopic (exact) mass is 515 g/mol. The molecule has 5 heterocycles. The number of hydrogen-bond donors (Lipinski definition) is 1. The van der Waals surface area contributed by atoms with Crippen LogP contribution in [0.5, 0.6) is 0 Å². The van der Waals surface area contributed by atoms with E-state index in [1.165, 1.54) is 21.5 Å². The Morgan fingerprint density at radius 1 is 1.26 bits per heavy atom. The van der Waals surface area contributed by atoms with Crippen molar-refractivity contribution < 1.29 is 9.69 Å². The molecule has 1 unspecified atom stereocenters. The molecule has 1 N–H and O–H groups in total.